The first-order valence-corrected chi connectivity index (χ1v) is 10.4. The van der Waals surface area contributed by atoms with Gasteiger partial charge in [-0.2, -0.15) is 8.78 Å². The van der Waals surface area contributed by atoms with Crippen molar-refractivity contribution in [3.05, 3.63) is 89.0 Å². The predicted octanol–water partition coefficient (Wildman–Crippen LogP) is 5.57. The molecule has 0 unspecified atom stereocenters. The molecular weight excluding hydrogens is 442 g/mol. The average molecular weight is 466 g/mol. The molecule has 0 aromatic heterocycles. The first-order valence-electron chi connectivity index (χ1n) is 10.4. The minimum Gasteiger partial charge on any atom is -0.493 e. The summed E-state index contributed by atoms with van der Waals surface area (Å²) in [6, 6.07) is 18.6. The molecule has 176 valence electrons. The number of benzene rings is 3. The lowest BCUT2D eigenvalue weighted by molar-refractivity contribution is -0.118. The van der Waals surface area contributed by atoms with Gasteiger partial charge < -0.3 is 20.1 Å². The fraction of sp³-hybridized carbons (Fsp3) is 0.154. The van der Waals surface area contributed by atoms with Gasteiger partial charge in [0.15, 0.2) is 11.5 Å². The summed E-state index contributed by atoms with van der Waals surface area (Å²) in [5, 5.41) is 5.42. The normalized spacial score (nSPS) is 10.4. The zero-order chi connectivity index (χ0) is 24.7. The summed E-state index contributed by atoms with van der Waals surface area (Å²) in [6.07, 6.45) is 1.20. The summed E-state index contributed by atoms with van der Waals surface area (Å²) in [7, 11) is 1.30. The Hall–Kier alpha value is -4.20. The van der Waals surface area contributed by atoms with Crippen molar-refractivity contribution in [3.8, 4) is 11.5 Å². The molecule has 34 heavy (non-hydrogen) atoms. The van der Waals surface area contributed by atoms with Gasteiger partial charge in [0.2, 0.25) is 0 Å². The number of halogens is 2. The van der Waals surface area contributed by atoms with Crippen molar-refractivity contribution < 1.29 is 27.8 Å². The zero-order valence-electron chi connectivity index (χ0n) is 18.9. The third-order valence-electron chi connectivity index (χ3n) is 5.01. The SMILES string of the molecule is COc1cccc(C=C(C(=O)Nc2ccccc2C)C(=O)Nc2ccccc2C)c1OC(F)F. The number of aryl methyl sites for hydroxylation is 2. The highest BCUT2D eigenvalue weighted by Gasteiger charge is 2.22. The molecule has 3 aromatic carbocycles. The Morgan fingerprint density at radius 3 is 1.82 bits per heavy atom. The van der Waals surface area contributed by atoms with Gasteiger partial charge in [-0.3, -0.25) is 9.59 Å². The van der Waals surface area contributed by atoms with E-state index in [2.05, 4.69) is 15.4 Å². The third kappa shape index (κ3) is 5.98. The number of carbonyl (C=O) groups is 2. The Labute approximate surface area is 196 Å². The van der Waals surface area contributed by atoms with Gasteiger partial charge in [0.1, 0.15) is 5.57 Å². The van der Waals surface area contributed by atoms with Crippen LogP contribution >= 0.6 is 0 Å². The van der Waals surface area contributed by atoms with Gasteiger partial charge in [0, 0.05) is 16.9 Å². The monoisotopic (exact) mass is 466 g/mol. The van der Waals surface area contributed by atoms with Crippen molar-refractivity contribution in [2.45, 2.75) is 20.5 Å². The van der Waals surface area contributed by atoms with Gasteiger partial charge in [-0.1, -0.05) is 48.5 Å². The maximum Gasteiger partial charge on any atom is 0.387 e. The van der Waals surface area contributed by atoms with Crippen LogP contribution in [0.3, 0.4) is 0 Å². The van der Waals surface area contributed by atoms with E-state index in [-0.39, 0.29) is 22.6 Å². The van der Waals surface area contributed by atoms with E-state index in [1.54, 1.807) is 30.3 Å². The van der Waals surface area contributed by atoms with Crippen LogP contribution in [0.25, 0.3) is 6.08 Å². The van der Waals surface area contributed by atoms with Gasteiger partial charge in [0.25, 0.3) is 11.8 Å². The molecule has 3 aromatic rings. The minimum absolute atomic E-state index is 0.0343. The molecule has 0 spiro atoms. The molecule has 0 bridgehead atoms. The standard InChI is InChI=1S/C26H24F2N2O4/c1-16-9-4-6-12-20(16)29-24(31)19(25(32)30-21-13-7-5-10-17(21)2)15-18-11-8-14-22(33-3)23(18)34-26(27)28/h4-15,26H,1-3H3,(H,29,31)(H,30,32). The highest BCUT2D eigenvalue weighted by atomic mass is 19.3. The number of nitrogens with one attached hydrogen (secondary N) is 2. The van der Waals surface area contributed by atoms with Crippen molar-refractivity contribution in [3.63, 3.8) is 0 Å². The molecule has 8 heteroatoms. The topological polar surface area (TPSA) is 76.7 Å². The molecule has 2 amide bonds. The van der Waals surface area contributed by atoms with Crippen LogP contribution < -0.4 is 20.1 Å². The van der Waals surface area contributed by atoms with Crippen LogP contribution in [0, 0.1) is 13.8 Å². The largest absolute Gasteiger partial charge is 0.493 e. The quantitative estimate of drug-likeness (QED) is 0.258. The number of methoxy groups -OCH3 is 1. The van der Waals surface area contributed by atoms with Crippen LogP contribution in [0.15, 0.2) is 72.3 Å². The van der Waals surface area contributed by atoms with Crippen LogP contribution in [0.5, 0.6) is 11.5 Å². The lowest BCUT2D eigenvalue weighted by atomic mass is 10.1. The first-order chi connectivity index (χ1) is 16.3. The molecule has 0 saturated carbocycles. The molecule has 0 aliphatic carbocycles. The van der Waals surface area contributed by atoms with E-state index >= 15 is 0 Å². The van der Waals surface area contributed by atoms with Crippen molar-refractivity contribution in [1.82, 2.24) is 0 Å². The number of alkyl halides is 2. The van der Waals surface area contributed by atoms with Gasteiger partial charge >= 0.3 is 6.61 Å². The molecule has 0 saturated heterocycles. The van der Waals surface area contributed by atoms with Crippen LogP contribution in [0.1, 0.15) is 16.7 Å². The van der Waals surface area contributed by atoms with Crippen molar-refractivity contribution in [2.24, 2.45) is 0 Å². The van der Waals surface area contributed by atoms with Crippen LogP contribution in [0.4, 0.5) is 20.2 Å². The van der Waals surface area contributed by atoms with Crippen LogP contribution in [0.2, 0.25) is 0 Å². The lowest BCUT2D eigenvalue weighted by Crippen LogP contribution is -2.26. The van der Waals surface area contributed by atoms with E-state index in [0.717, 1.165) is 11.1 Å². The lowest BCUT2D eigenvalue weighted by Gasteiger charge is -2.15. The molecule has 3 rings (SSSR count). The van der Waals surface area contributed by atoms with E-state index in [9.17, 15) is 18.4 Å². The molecule has 2 N–H and O–H groups in total. The smallest absolute Gasteiger partial charge is 0.387 e. The number of ether oxygens (including phenoxy) is 2. The number of hydrogen-bond donors (Lipinski definition) is 2. The summed E-state index contributed by atoms with van der Waals surface area (Å²) in [6.45, 7) is 0.486. The second-order valence-electron chi connectivity index (χ2n) is 7.35. The molecule has 0 fully saturated rings. The van der Waals surface area contributed by atoms with Gasteiger partial charge in [-0.25, -0.2) is 0 Å². The van der Waals surface area contributed by atoms with E-state index < -0.39 is 18.4 Å². The Balaban J connectivity index is 2.07. The van der Waals surface area contributed by atoms with Gasteiger partial charge in [-0.05, 0) is 49.2 Å². The Bertz CT molecular complexity index is 1160. The summed E-state index contributed by atoms with van der Waals surface area (Å²) in [5.41, 5.74) is 2.37. The summed E-state index contributed by atoms with van der Waals surface area (Å²) >= 11 is 0. The van der Waals surface area contributed by atoms with Gasteiger partial charge in [-0.15, -0.1) is 0 Å². The van der Waals surface area contributed by atoms with E-state index in [1.165, 1.54) is 25.3 Å². The van der Waals surface area contributed by atoms with Crippen molar-refractivity contribution in [1.29, 1.82) is 0 Å². The summed E-state index contributed by atoms with van der Waals surface area (Å²) in [4.78, 5) is 26.4. The fourth-order valence-corrected chi connectivity index (χ4v) is 3.22. The first kappa shape index (κ1) is 24.4. The number of amides is 2. The third-order valence-corrected chi connectivity index (χ3v) is 5.01. The van der Waals surface area contributed by atoms with Crippen molar-refractivity contribution in [2.75, 3.05) is 17.7 Å². The number of carbonyl (C=O) groups excluding carboxylic acids is 2. The summed E-state index contributed by atoms with van der Waals surface area (Å²) in [5.74, 6) is -1.69. The molecule has 0 radical (unpaired) electrons. The number of para-hydroxylation sites is 3. The minimum atomic E-state index is -3.13. The van der Waals surface area contributed by atoms with Gasteiger partial charge in [0.05, 0.1) is 7.11 Å². The second-order valence-corrected chi connectivity index (χ2v) is 7.35. The Morgan fingerprint density at radius 1 is 0.824 bits per heavy atom. The zero-order valence-corrected chi connectivity index (χ0v) is 18.9. The van der Waals surface area contributed by atoms with E-state index in [4.69, 9.17) is 4.74 Å². The fourth-order valence-electron chi connectivity index (χ4n) is 3.22. The average Bonchev–Trinajstić information content (AvgIpc) is 2.80. The Morgan fingerprint density at radius 2 is 1.35 bits per heavy atom. The summed E-state index contributed by atoms with van der Waals surface area (Å²) < 4.78 is 35.9. The van der Waals surface area contributed by atoms with Crippen LogP contribution in [-0.2, 0) is 9.59 Å². The van der Waals surface area contributed by atoms with E-state index in [0.29, 0.717) is 11.4 Å². The molecule has 0 aliphatic rings. The molecular formula is C26H24F2N2O4. The van der Waals surface area contributed by atoms with E-state index in [1.807, 2.05) is 38.1 Å². The Kier molecular flexibility index (Phi) is 7.97. The highest BCUT2D eigenvalue weighted by molar-refractivity contribution is 6.29. The maximum absolute atomic E-state index is 13.2. The number of anilines is 2. The molecule has 0 heterocycles. The number of hydrogen-bond acceptors (Lipinski definition) is 4. The molecule has 6 nitrogen and oxygen atoms in total. The van der Waals surface area contributed by atoms with Crippen LogP contribution in [-0.4, -0.2) is 25.5 Å². The molecule has 0 aliphatic heterocycles. The second kappa shape index (κ2) is 11.1. The number of rotatable bonds is 8. The highest BCUT2D eigenvalue weighted by Crippen LogP contribution is 2.34. The predicted molar refractivity (Wildman–Crippen MR) is 127 cm³/mol. The maximum atomic E-state index is 13.2. The molecule has 0 atom stereocenters. The van der Waals surface area contributed by atoms with Crippen molar-refractivity contribution >= 4 is 29.3 Å².